The number of sulfone groups is 1. The number of methoxy groups -OCH3 is 1. The van der Waals surface area contributed by atoms with E-state index in [1.54, 1.807) is 31.2 Å². The average Bonchev–Trinajstić information content (AvgIpc) is 2.71. The Morgan fingerprint density at radius 3 is 2.14 bits per heavy atom. The maximum absolute atomic E-state index is 13.2. The maximum Gasteiger partial charge on any atom is 0.324 e. The average molecular weight is 407 g/mol. The summed E-state index contributed by atoms with van der Waals surface area (Å²) in [5.41, 5.74) is 0. The molecule has 2 atom stereocenters. The van der Waals surface area contributed by atoms with Crippen molar-refractivity contribution in [2.24, 2.45) is 0 Å². The Hall–Kier alpha value is -2.54. The van der Waals surface area contributed by atoms with Gasteiger partial charge in [0.15, 0.2) is 15.1 Å². The van der Waals surface area contributed by atoms with Crippen molar-refractivity contribution in [3.63, 3.8) is 0 Å². The maximum atomic E-state index is 13.2. The van der Waals surface area contributed by atoms with Gasteiger partial charge >= 0.3 is 5.97 Å². The summed E-state index contributed by atoms with van der Waals surface area (Å²) in [6.07, 6.45) is 0.0893. The minimum Gasteiger partial charge on any atom is -0.497 e. The fraction of sp³-hybridized carbons (Fsp3) is 0.381. The van der Waals surface area contributed by atoms with E-state index < -0.39 is 27.2 Å². The van der Waals surface area contributed by atoms with Gasteiger partial charge in [-0.3, -0.25) is 4.79 Å². The molecule has 7 heteroatoms. The summed E-state index contributed by atoms with van der Waals surface area (Å²) >= 11 is 0. The Bertz CT molecular complexity index is 846. The zero-order chi connectivity index (χ0) is 20.6. The van der Waals surface area contributed by atoms with E-state index in [0.717, 1.165) is 0 Å². The number of carbonyl (C=O) groups is 1. The van der Waals surface area contributed by atoms with E-state index in [2.05, 4.69) is 0 Å². The highest BCUT2D eigenvalue weighted by molar-refractivity contribution is 7.92. The van der Waals surface area contributed by atoms with E-state index in [1.165, 1.54) is 19.2 Å². The van der Waals surface area contributed by atoms with Crippen LogP contribution in [0.2, 0.25) is 0 Å². The Balaban J connectivity index is 2.30. The van der Waals surface area contributed by atoms with E-state index in [-0.39, 0.29) is 17.9 Å². The van der Waals surface area contributed by atoms with Crippen LogP contribution in [-0.4, -0.2) is 39.5 Å². The van der Waals surface area contributed by atoms with Crippen molar-refractivity contribution in [2.75, 3.05) is 13.7 Å². The van der Waals surface area contributed by atoms with Crippen molar-refractivity contribution < 1.29 is 27.4 Å². The molecule has 6 nitrogen and oxygen atoms in total. The topological polar surface area (TPSA) is 78.9 Å². The van der Waals surface area contributed by atoms with Crippen LogP contribution in [0.5, 0.6) is 11.5 Å². The van der Waals surface area contributed by atoms with Crippen LogP contribution >= 0.6 is 0 Å². The molecule has 0 fully saturated rings. The van der Waals surface area contributed by atoms with Crippen molar-refractivity contribution in [3.05, 3.63) is 54.6 Å². The first kappa shape index (κ1) is 21.8. The molecule has 2 aromatic rings. The molecule has 0 bridgehead atoms. The third-order valence-electron chi connectivity index (χ3n) is 4.29. The van der Waals surface area contributed by atoms with E-state index in [0.29, 0.717) is 17.9 Å². The van der Waals surface area contributed by atoms with Crippen molar-refractivity contribution >= 4 is 15.8 Å². The number of esters is 1. The second-order valence-corrected chi connectivity index (χ2v) is 8.29. The molecule has 28 heavy (non-hydrogen) atoms. The minimum atomic E-state index is -3.96. The van der Waals surface area contributed by atoms with Gasteiger partial charge in [-0.2, -0.15) is 0 Å². The van der Waals surface area contributed by atoms with Gasteiger partial charge in [0.2, 0.25) is 0 Å². The second-order valence-electron chi connectivity index (χ2n) is 6.16. The van der Waals surface area contributed by atoms with Gasteiger partial charge < -0.3 is 14.2 Å². The van der Waals surface area contributed by atoms with Crippen molar-refractivity contribution in [2.45, 2.75) is 42.9 Å². The molecule has 0 N–H and O–H groups in total. The van der Waals surface area contributed by atoms with Crippen LogP contribution in [0.25, 0.3) is 0 Å². The van der Waals surface area contributed by atoms with Crippen molar-refractivity contribution in [1.82, 2.24) is 0 Å². The highest BCUT2D eigenvalue weighted by Crippen LogP contribution is 2.25. The number of hydrogen-bond acceptors (Lipinski definition) is 6. The molecule has 2 aromatic carbocycles. The summed E-state index contributed by atoms with van der Waals surface area (Å²) in [4.78, 5) is 12.6. The number of ether oxygens (including phenoxy) is 3. The monoisotopic (exact) mass is 406 g/mol. The zero-order valence-electron chi connectivity index (χ0n) is 16.3. The molecule has 0 saturated heterocycles. The van der Waals surface area contributed by atoms with Crippen LogP contribution in [0.3, 0.4) is 0 Å². The van der Waals surface area contributed by atoms with Crippen LogP contribution < -0.4 is 9.47 Å². The third-order valence-corrected chi connectivity index (χ3v) is 6.35. The molecular weight excluding hydrogens is 380 g/mol. The van der Waals surface area contributed by atoms with Crippen LogP contribution in [0, 0.1) is 0 Å². The van der Waals surface area contributed by atoms with Crippen LogP contribution in [0.15, 0.2) is 59.5 Å². The molecule has 0 saturated carbocycles. The smallest absolute Gasteiger partial charge is 0.324 e. The predicted octanol–water partition coefficient (Wildman–Crippen LogP) is 3.65. The Morgan fingerprint density at radius 2 is 1.61 bits per heavy atom. The fourth-order valence-corrected chi connectivity index (χ4v) is 4.38. The summed E-state index contributed by atoms with van der Waals surface area (Å²) in [6, 6.07) is 15.1. The first-order chi connectivity index (χ1) is 13.4. The Kier molecular flexibility index (Phi) is 7.87. The molecule has 0 aromatic heterocycles. The largest absolute Gasteiger partial charge is 0.497 e. The highest BCUT2D eigenvalue weighted by atomic mass is 32.2. The minimum absolute atomic E-state index is 0.00140. The van der Waals surface area contributed by atoms with Crippen molar-refractivity contribution in [1.29, 1.82) is 0 Å². The summed E-state index contributed by atoms with van der Waals surface area (Å²) in [7, 11) is -2.46. The zero-order valence-corrected chi connectivity index (χ0v) is 17.1. The molecule has 2 rings (SSSR count). The molecule has 0 heterocycles. The third kappa shape index (κ3) is 5.48. The van der Waals surface area contributed by atoms with Crippen molar-refractivity contribution in [3.8, 4) is 11.5 Å². The molecule has 0 radical (unpaired) electrons. The van der Waals surface area contributed by atoms with Gasteiger partial charge in [-0.15, -0.1) is 0 Å². The van der Waals surface area contributed by atoms with Gasteiger partial charge in [0.25, 0.3) is 0 Å². The Labute approximate surface area is 166 Å². The number of para-hydroxylation sites is 1. The number of hydrogen-bond donors (Lipinski definition) is 0. The van der Waals surface area contributed by atoms with Gasteiger partial charge in [-0.05, 0) is 49.7 Å². The van der Waals surface area contributed by atoms with Gasteiger partial charge in [-0.1, -0.05) is 25.1 Å². The van der Waals surface area contributed by atoms with Gasteiger partial charge in [0, 0.05) is 6.42 Å². The molecule has 0 aliphatic rings. The quantitative estimate of drug-likeness (QED) is 0.561. The highest BCUT2D eigenvalue weighted by Gasteiger charge is 2.37. The molecule has 0 aliphatic heterocycles. The van der Waals surface area contributed by atoms with Gasteiger partial charge in [-0.25, -0.2) is 8.42 Å². The first-order valence-corrected chi connectivity index (χ1v) is 10.7. The first-order valence-electron chi connectivity index (χ1n) is 9.18. The fourth-order valence-electron chi connectivity index (χ4n) is 2.74. The molecule has 0 amide bonds. The molecule has 152 valence electrons. The lowest BCUT2D eigenvalue weighted by atomic mass is 10.1. The van der Waals surface area contributed by atoms with Crippen LogP contribution in [0.1, 0.15) is 26.7 Å². The number of rotatable bonds is 10. The lowest BCUT2D eigenvalue weighted by Gasteiger charge is -2.23. The number of carbonyl (C=O) groups excluding carboxylic acids is 1. The van der Waals surface area contributed by atoms with Gasteiger partial charge in [0.05, 0.1) is 18.6 Å². The van der Waals surface area contributed by atoms with Crippen LogP contribution in [0.4, 0.5) is 0 Å². The summed E-state index contributed by atoms with van der Waals surface area (Å²) in [5.74, 6) is 0.387. The SMILES string of the molecule is CCOC(=O)C(CC(CC)Oc1ccccc1)S(=O)(=O)c1ccc(OC)cc1. The number of benzene rings is 2. The predicted molar refractivity (Wildman–Crippen MR) is 106 cm³/mol. The Morgan fingerprint density at radius 1 is 0.964 bits per heavy atom. The molecule has 2 unspecified atom stereocenters. The lowest BCUT2D eigenvalue weighted by Crippen LogP contribution is -2.37. The molecule has 0 spiro atoms. The van der Waals surface area contributed by atoms with E-state index in [1.807, 2.05) is 25.1 Å². The van der Waals surface area contributed by atoms with E-state index in [4.69, 9.17) is 14.2 Å². The lowest BCUT2D eigenvalue weighted by molar-refractivity contribution is -0.143. The molecular formula is C21H26O6S. The standard InChI is InChI=1S/C21H26O6S/c1-4-16(27-18-9-7-6-8-10-18)15-20(21(22)26-5-2)28(23,24)19-13-11-17(25-3)12-14-19/h6-14,16,20H,4-5,15H2,1-3H3. The summed E-state index contributed by atoms with van der Waals surface area (Å²) in [6.45, 7) is 3.63. The van der Waals surface area contributed by atoms with E-state index in [9.17, 15) is 13.2 Å². The summed E-state index contributed by atoms with van der Waals surface area (Å²) < 4.78 is 42.3. The second kappa shape index (κ2) is 10.1. The van der Waals surface area contributed by atoms with Crippen LogP contribution in [-0.2, 0) is 19.4 Å². The molecule has 0 aliphatic carbocycles. The summed E-state index contributed by atoms with van der Waals surface area (Å²) in [5, 5.41) is -1.35. The van der Waals surface area contributed by atoms with Gasteiger partial charge in [0.1, 0.15) is 17.6 Å². The van der Waals surface area contributed by atoms with E-state index >= 15 is 0 Å². The normalized spacial score (nSPS) is 13.4.